The molecule has 1 saturated carbocycles. The maximum atomic E-state index is 12.5. The number of nitrogens with zero attached hydrogens (tertiary/aromatic N) is 3. The van der Waals surface area contributed by atoms with Crippen LogP contribution in [0.3, 0.4) is 0 Å². The van der Waals surface area contributed by atoms with Gasteiger partial charge in [-0.2, -0.15) is 0 Å². The molecule has 1 aromatic heterocycles. The Kier molecular flexibility index (Phi) is 6.02. The molecule has 0 saturated heterocycles. The highest BCUT2D eigenvalue weighted by Crippen LogP contribution is 2.25. The lowest BCUT2D eigenvalue weighted by molar-refractivity contribution is 0.325. The zero-order chi connectivity index (χ0) is 14.0. The molecule has 1 heterocycles. The van der Waals surface area contributed by atoms with Gasteiger partial charge in [0.15, 0.2) is 0 Å². The number of halogens is 1. The topological polar surface area (TPSA) is 47.2 Å². The van der Waals surface area contributed by atoms with E-state index >= 15 is 0 Å². The zero-order valence-corrected chi connectivity index (χ0v) is 13.3. The first-order valence-corrected chi connectivity index (χ1v) is 6.96. The second-order valence-electron chi connectivity index (χ2n) is 5.75. The van der Waals surface area contributed by atoms with Crippen LogP contribution in [0.15, 0.2) is 15.8 Å². The maximum absolute atomic E-state index is 12.5. The molecule has 0 spiro atoms. The number of aryl methyl sites for hydroxylation is 1. The molecule has 20 heavy (non-hydrogen) atoms. The van der Waals surface area contributed by atoms with Crippen molar-refractivity contribution in [2.45, 2.75) is 44.7 Å². The first kappa shape index (κ1) is 17.0. The minimum atomic E-state index is -0.181. The van der Waals surface area contributed by atoms with Gasteiger partial charge in [-0.15, -0.1) is 12.4 Å². The molecule has 5 nitrogen and oxygen atoms in total. The van der Waals surface area contributed by atoms with Gasteiger partial charge in [0.05, 0.1) is 0 Å². The minimum absolute atomic E-state index is 0. The lowest BCUT2D eigenvalue weighted by atomic mass is 9.95. The predicted octanol–water partition coefficient (Wildman–Crippen LogP) is 1.54. The quantitative estimate of drug-likeness (QED) is 0.851. The highest BCUT2D eigenvalue weighted by Gasteiger charge is 2.21. The fraction of sp³-hybridized carbons (Fsp3) is 0.714. The van der Waals surface area contributed by atoms with Crippen LogP contribution < -0.4 is 11.2 Å². The number of aromatic nitrogens is 2. The van der Waals surface area contributed by atoms with Crippen LogP contribution in [0.4, 0.5) is 0 Å². The largest absolute Gasteiger partial charge is 0.330 e. The maximum Gasteiger partial charge on any atom is 0.330 e. The molecule has 1 aliphatic carbocycles. The summed E-state index contributed by atoms with van der Waals surface area (Å²) in [5.41, 5.74) is 0.403. The molecule has 114 valence electrons. The summed E-state index contributed by atoms with van der Waals surface area (Å²) in [5.74, 6) is 0. The van der Waals surface area contributed by atoms with Gasteiger partial charge >= 0.3 is 5.69 Å². The predicted molar refractivity (Wildman–Crippen MR) is 82.7 cm³/mol. The third-order valence-electron chi connectivity index (χ3n) is 3.78. The first-order chi connectivity index (χ1) is 9.00. The molecule has 0 bridgehead atoms. The van der Waals surface area contributed by atoms with Crippen LogP contribution in [0, 0.1) is 0 Å². The molecule has 1 aromatic rings. The molecule has 2 rings (SSSR count). The van der Waals surface area contributed by atoms with Crippen LogP contribution in [0.2, 0.25) is 0 Å². The summed E-state index contributed by atoms with van der Waals surface area (Å²) >= 11 is 0. The lowest BCUT2D eigenvalue weighted by Gasteiger charge is -2.24. The Bertz CT molecular complexity index is 557. The molecular formula is C14H24ClN3O2. The average molecular weight is 302 g/mol. The fourth-order valence-electron chi connectivity index (χ4n) is 2.87. The van der Waals surface area contributed by atoms with Gasteiger partial charge in [-0.3, -0.25) is 9.36 Å². The summed E-state index contributed by atoms with van der Waals surface area (Å²) < 4.78 is 3.02. The van der Waals surface area contributed by atoms with Gasteiger partial charge in [-0.25, -0.2) is 4.79 Å². The summed E-state index contributed by atoms with van der Waals surface area (Å²) in [7, 11) is 5.57. The summed E-state index contributed by atoms with van der Waals surface area (Å²) in [5, 5.41) is 0. The van der Waals surface area contributed by atoms with E-state index in [1.165, 1.54) is 15.6 Å². The molecule has 0 unspecified atom stereocenters. The van der Waals surface area contributed by atoms with Gasteiger partial charge in [-0.05, 0) is 26.9 Å². The van der Waals surface area contributed by atoms with E-state index in [0.29, 0.717) is 12.1 Å². The summed E-state index contributed by atoms with van der Waals surface area (Å²) in [6.07, 6.45) is 6.99. The Balaban J connectivity index is 0.00000200. The van der Waals surface area contributed by atoms with Crippen molar-refractivity contribution >= 4 is 12.4 Å². The Morgan fingerprint density at radius 1 is 1.20 bits per heavy atom. The number of rotatable bonds is 3. The Morgan fingerprint density at radius 3 is 2.35 bits per heavy atom. The van der Waals surface area contributed by atoms with E-state index < -0.39 is 0 Å². The van der Waals surface area contributed by atoms with E-state index in [2.05, 4.69) is 0 Å². The standard InChI is InChI=1S/C14H23N3O2.ClH/c1-15(2)9-11-10-16(3)14(19)17(13(11)18)12-7-5-4-6-8-12;/h10,12H,4-9H2,1-3H3;1H. The summed E-state index contributed by atoms with van der Waals surface area (Å²) in [6.45, 7) is 0.569. The van der Waals surface area contributed by atoms with Crippen molar-refractivity contribution in [1.82, 2.24) is 14.0 Å². The Morgan fingerprint density at radius 2 is 1.80 bits per heavy atom. The molecule has 1 aliphatic rings. The molecule has 0 N–H and O–H groups in total. The Labute approximate surface area is 125 Å². The molecule has 6 heteroatoms. The van der Waals surface area contributed by atoms with E-state index in [4.69, 9.17) is 0 Å². The summed E-state index contributed by atoms with van der Waals surface area (Å²) in [4.78, 5) is 26.7. The SMILES string of the molecule is CN(C)Cc1cn(C)c(=O)n(C2CCCCC2)c1=O.Cl. The minimum Gasteiger partial charge on any atom is -0.305 e. The molecule has 0 aliphatic heterocycles. The van der Waals surface area contributed by atoms with Crippen LogP contribution in [0.1, 0.15) is 43.7 Å². The van der Waals surface area contributed by atoms with E-state index in [0.717, 1.165) is 25.7 Å². The van der Waals surface area contributed by atoms with Gasteiger partial charge in [0.1, 0.15) is 0 Å². The highest BCUT2D eigenvalue weighted by atomic mass is 35.5. The lowest BCUT2D eigenvalue weighted by Crippen LogP contribution is -2.43. The van der Waals surface area contributed by atoms with Crippen LogP contribution in [-0.4, -0.2) is 28.1 Å². The van der Waals surface area contributed by atoms with E-state index in [-0.39, 0.29) is 29.7 Å². The van der Waals surface area contributed by atoms with E-state index in [1.54, 1.807) is 13.2 Å². The second kappa shape index (κ2) is 7.09. The molecule has 1 fully saturated rings. The molecule has 0 amide bonds. The van der Waals surface area contributed by atoms with Crippen molar-refractivity contribution in [1.29, 1.82) is 0 Å². The molecule has 0 atom stereocenters. The van der Waals surface area contributed by atoms with Gasteiger partial charge in [0.2, 0.25) is 0 Å². The molecular weight excluding hydrogens is 278 g/mol. The van der Waals surface area contributed by atoms with Crippen molar-refractivity contribution in [2.24, 2.45) is 7.05 Å². The van der Waals surface area contributed by atoms with Gasteiger partial charge in [0.25, 0.3) is 5.56 Å². The molecule has 0 aromatic carbocycles. The van der Waals surface area contributed by atoms with Crippen molar-refractivity contribution in [3.8, 4) is 0 Å². The van der Waals surface area contributed by atoms with Crippen LogP contribution in [0.25, 0.3) is 0 Å². The van der Waals surface area contributed by atoms with Crippen molar-refractivity contribution in [3.05, 3.63) is 32.6 Å². The van der Waals surface area contributed by atoms with E-state index in [9.17, 15) is 9.59 Å². The number of hydrogen-bond donors (Lipinski definition) is 0. The van der Waals surface area contributed by atoms with Crippen LogP contribution in [-0.2, 0) is 13.6 Å². The van der Waals surface area contributed by atoms with Crippen LogP contribution in [0.5, 0.6) is 0 Å². The molecule has 0 radical (unpaired) electrons. The van der Waals surface area contributed by atoms with Gasteiger partial charge in [-0.1, -0.05) is 19.3 Å². The normalized spacial score (nSPS) is 16.2. The second-order valence-corrected chi connectivity index (χ2v) is 5.75. The van der Waals surface area contributed by atoms with Crippen molar-refractivity contribution in [3.63, 3.8) is 0 Å². The van der Waals surface area contributed by atoms with Gasteiger partial charge in [0, 0.05) is 31.4 Å². The van der Waals surface area contributed by atoms with Crippen molar-refractivity contribution < 1.29 is 0 Å². The summed E-state index contributed by atoms with van der Waals surface area (Å²) in [6, 6.07) is 0.0852. The van der Waals surface area contributed by atoms with Gasteiger partial charge < -0.3 is 9.47 Å². The third-order valence-corrected chi connectivity index (χ3v) is 3.78. The van der Waals surface area contributed by atoms with E-state index in [1.807, 2.05) is 19.0 Å². The number of hydrogen-bond acceptors (Lipinski definition) is 3. The fourth-order valence-corrected chi connectivity index (χ4v) is 2.87. The smallest absolute Gasteiger partial charge is 0.305 e. The highest BCUT2D eigenvalue weighted by molar-refractivity contribution is 5.85. The first-order valence-electron chi connectivity index (χ1n) is 6.96. The monoisotopic (exact) mass is 301 g/mol. The van der Waals surface area contributed by atoms with Crippen molar-refractivity contribution in [2.75, 3.05) is 14.1 Å². The third kappa shape index (κ3) is 3.52. The zero-order valence-electron chi connectivity index (χ0n) is 12.5. The van der Waals surface area contributed by atoms with Crippen LogP contribution >= 0.6 is 12.4 Å². The Hall–Kier alpha value is -1.07. The average Bonchev–Trinajstić information content (AvgIpc) is 2.37.